The van der Waals surface area contributed by atoms with Crippen LogP contribution in [0.2, 0.25) is 0 Å². The normalized spacial score (nSPS) is 22.4. The second-order valence-electron chi connectivity index (χ2n) is 2.92. The molecule has 1 aliphatic rings. The standard InChI is InChI=1S/C8H14O2/c1-3-6(2)10-8-4-7(9)5-8/h6,8H,3-5H2,1-2H3. The second-order valence-corrected chi connectivity index (χ2v) is 2.92. The molecule has 0 radical (unpaired) electrons. The SMILES string of the molecule is CCC(C)OC1CC(=O)C1. The predicted octanol–water partition coefficient (Wildman–Crippen LogP) is 1.53. The van der Waals surface area contributed by atoms with Gasteiger partial charge in [0.25, 0.3) is 0 Å². The molecule has 1 fully saturated rings. The number of hydrogen-bond acceptors (Lipinski definition) is 2. The van der Waals surface area contributed by atoms with Gasteiger partial charge in [0.15, 0.2) is 0 Å². The van der Waals surface area contributed by atoms with E-state index in [1.807, 2.05) is 6.92 Å². The van der Waals surface area contributed by atoms with Crippen LogP contribution in [0.1, 0.15) is 33.1 Å². The van der Waals surface area contributed by atoms with Crippen molar-refractivity contribution in [3.8, 4) is 0 Å². The minimum absolute atomic E-state index is 0.238. The molecule has 0 N–H and O–H groups in total. The highest BCUT2D eigenvalue weighted by Gasteiger charge is 2.28. The Bertz CT molecular complexity index is 123. The third-order valence-corrected chi connectivity index (χ3v) is 1.91. The van der Waals surface area contributed by atoms with Crippen molar-refractivity contribution in [1.82, 2.24) is 0 Å². The van der Waals surface area contributed by atoms with E-state index in [4.69, 9.17) is 4.74 Å². The van der Waals surface area contributed by atoms with Crippen LogP contribution in [-0.4, -0.2) is 18.0 Å². The molecule has 2 nitrogen and oxygen atoms in total. The van der Waals surface area contributed by atoms with Crippen LogP contribution in [-0.2, 0) is 9.53 Å². The van der Waals surface area contributed by atoms with Gasteiger partial charge in [-0.05, 0) is 13.3 Å². The zero-order valence-electron chi connectivity index (χ0n) is 6.59. The molecule has 1 rings (SSSR count). The minimum atomic E-state index is 0.238. The molecule has 0 spiro atoms. The first-order valence-corrected chi connectivity index (χ1v) is 3.89. The van der Waals surface area contributed by atoms with E-state index in [2.05, 4.69) is 6.92 Å². The Morgan fingerprint density at radius 3 is 2.70 bits per heavy atom. The third-order valence-electron chi connectivity index (χ3n) is 1.91. The summed E-state index contributed by atoms with van der Waals surface area (Å²) >= 11 is 0. The summed E-state index contributed by atoms with van der Waals surface area (Å²) in [6, 6.07) is 0. The predicted molar refractivity (Wildman–Crippen MR) is 38.9 cm³/mol. The van der Waals surface area contributed by atoms with Crippen LogP contribution in [0, 0.1) is 0 Å². The molecule has 1 unspecified atom stereocenters. The van der Waals surface area contributed by atoms with Crippen molar-refractivity contribution in [3.63, 3.8) is 0 Å². The average Bonchev–Trinajstić information content (AvgIpc) is 1.84. The van der Waals surface area contributed by atoms with E-state index in [0.717, 1.165) is 6.42 Å². The Morgan fingerprint density at radius 2 is 2.30 bits per heavy atom. The lowest BCUT2D eigenvalue weighted by molar-refractivity contribution is -0.137. The summed E-state index contributed by atoms with van der Waals surface area (Å²) in [5.74, 6) is 0.341. The molecule has 1 aliphatic carbocycles. The van der Waals surface area contributed by atoms with Crippen molar-refractivity contribution >= 4 is 5.78 Å². The van der Waals surface area contributed by atoms with E-state index in [0.29, 0.717) is 24.7 Å². The lowest BCUT2D eigenvalue weighted by Crippen LogP contribution is -2.33. The van der Waals surface area contributed by atoms with Crippen molar-refractivity contribution < 1.29 is 9.53 Å². The van der Waals surface area contributed by atoms with Crippen LogP contribution in [0.3, 0.4) is 0 Å². The van der Waals surface area contributed by atoms with E-state index < -0.39 is 0 Å². The average molecular weight is 142 g/mol. The van der Waals surface area contributed by atoms with Crippen LogP contribution in [0.4, 0.5) is 0 Å². The quantitative estimate of drug-likeness (QED) is 0.597. The maximum absolute atomic E-state index is 10.5. The Balaban J connectivity index is 2.10. The van der Waals surface area contributed by atoms with E-state index in [1.54, 1.807) is 0 Å². The van der Waals surface area contributed by atoms with Gasteiger partial charge in [0.05, 0.1) is 12.2 Å². The summed E-state index contributed by atoms with van der Waals surface area (Å²) < 4.78 is 5.48. The molecule has 0 aromatic heterocycles. The van der Waals surface area contributed by atoms with Gasteiger partial charge in [0.1, 0.15) is 5.78 Å². The molecule has 1 saturated carbocycles. The van der Waals surface area contributed by atoms with Crippen LogP contribution in [0.5, 0.6) is 0 Å². The van der Waals surface area contributed by atoms with Gasteiger partial charge in [-0.2, -0.15) is 0 Å². The zero-order chi connectivity index (χ0) is 7.56. The molecule has 0 heterocycles. The van der Waals surface area contributed by atoms with Gasteiger partial charge in [0, 0.05) is 12.8 Å². The number of hydrogen-bond donors (Lipinski definition) is 0. The first-order chi connectivity index (χ1) is 4.72. The van der Waals surface area contributed by atoms with E-state index in [1.165, 1.54) is 0 Å². The van der Waals surface area contributed by atoms with Gasteiger partial charge in [-0.3, -0.25) is 4.79 Å². The molecule has 10 heavy (non-hydrogen) atoms. The minimum Gasteiger partial charge on any atom is -0.374 e. The highest BCUT2D eigenvalue weighted by atomic mass is 16.5. The molecule has 1 atom stereocenters. The maximum Gasteiger partial charge on any atom is 0.138 e. The van der Waals surface area contributed by atoms with E-state index in [-0.39, 0.29) is 6.10 Å². The number of ether oxygens (including phenoxy) is 1. The van der Waals surface area contributed by atoms with Crippen LogP contribution in [0.25, 0.3) is 0 Å². The van der Waals surface area contributed by atoms with Gasteiger partial charge in [0.2, 0.25) is 0 Å². The van der Waals surface area contributed by atoms with E-state index >= 15 is 0 Å². The summed E-state index contributed by atoms with van der Waals surface area (Å²) in [5.41, 5.74) is 0. The smallest absolute Gasteiger partial charge is 0.138 e. The first-order valence-electron chi connectivity index (χ1n) is 3.89. The first kappa shape index (κ1) is 7.73. The molecular weight excluding hydrogens is 128 g/mol. The summed E-state index contributed by atoms with van der Waals surface area (Å²) in [5, 5.41) is 0. The van der Waals surface area contributed by atoms with Crippen molar-refractivity contribution in [2.45, 2.75) is 45.3 Å². The summed E-state index contributed by atoms with van der Waals surface area (Å²) in [4.78, 5) is 10.5. The maximum atomic E-state index is 10.5. The fourth-order valence-corrected chi connectivity index (χ4v) is 0.969. The molecule has 0 aromatic carbocycles. The van der Waals surface area contributed by atoms with Crippen molar-refractivity contribution in [3.05, 3.63) is 0 Å². The van der Waals surface area contributed by atoms with Crippen molar-refractivity contribution in [1.29, 1.82) is 0 Å². The van der Waals surface area contributed by atoms with Crippen molar-refractivity contribution in [2.24, 2.45) is 0 Å². The largest absolute Gasteiger partial charge is 0.374 e. The molecule has 0 bridgehead atoms. The molecule has 0 aromatic rings. The number of ketones is 1. The Morgan fingerprint density at radius 1 is 1.70 bits per heavy atom. The Hall–Kier alpha value is -0.370. The molecule has 0 saturated heterocycles. The van der Waals surface area contributed by atoms with E-state index in [9.17, 15) is 4.79 Å². The lowest BCUT2D eigenvalue weighted by Gasteiger charge is -2.27. The molecular formula is C8H14O2. The summed E-state index contributed by atoms with van der Waals surface area (Å²) in [6.45, 7) is 4.13. The summed E-state index contributed by atoms with van der Waals surface area (Å²) in [6.07, 6.45) is 2.87. The fraction of sp³-hybridized carbons (Fsp3) is 0.875. The third kappa shape index (κ3) is 1.81. The number of carbonyl (C=O) groups excluding carboxylic acids is 1. The Kier molecular flexibility index (Phi) is 2.44. The van der Waals surface area contributed by atoms with Gasteiger partial charge < -0.3 is 4.74 Å². The molecule has 0 amide bonds. The number of rotatable bonds is 3. The van der Waals surface area contributed by atoms with Gasteiger partial charge in [-0.15, -0.1) is 0 Å². The summed E-state index contributed by atoms with van der Waals surface area (Å²) in [7, 11) is 0. The van der Waals surface area contributed by atoms with Gasteiger partial charge >= 0.3 is 0 Å². The Labute approximate surface area is 61.6 Å². The number of carbonyl (C=O) groups is 1. The van der Waals surface area contributed by atoms with Crippen LogP contribution in [0.15, 0.2) is 0 Å². The molecule has 2 heteroatoms. The fourth-order valence-electron chi connectivity index (χ4n) is 0.969. The topological polar surface area (TPSA) is 26.3 Å². The molecule has 0 aliphatic heterocycles. The van der Waals surface area contributed by atoms with Gasteiger partial charge in [-0.25, -0.2) is 0 Å². The molecule has 58 valence electrons. The van der Waals surface area contributed by atoms with Crippen LogP contribution < -0.4 is 0 Å². The second kappa shape index (κ2) is 3.15. The highest BCUT2D eigenvalue weighted by molar-refractivity contribution is 5.85. The van der Waals surface area contributed by atoms with Crippen molar-refractivity contribution in [2.75, 3.05) is 0 Å². The lowest BCUT2D eigenvalue weighted by atomic mass is 9.94. The number of Topliss-reactive ketones (excluding diaryl/α,β-unsaturated/α-hetero) is 1. The monoisotopic (exact) mass is 142 g/mol. The highest BCUT2D eigenvalue weighted by Crippen LogP contribution is 2.20. The zero-order valence-corrected chi connectivity index (χ0v) is 6.59. The van der Waals surface area contributed by atoms with Crippen LogP contribution >= 0.6 is 0 Å². The van der Waals surface area contributed by atoms with Gasteiger partial charge in [-0.1, -0.05) is 6.92 Å².